The Morgan fingerprint density at radius 1 is 1.52 bits per heavy atom. The zero-order chi connectivity index (χ0) is 15.4. The Morgan fingerprint density at radius 2 is 2.24 bits per heavy atom. The van der Waals surface area contributed by atoms with Crippen LogP contribution in [-0.2, 0) is 4.74 Å². The average Bonchev–Trinajstić information content (AvgIpc) is 2.87. The fraction of sp³-hybridized carbons (Fsp3) is 0.500. The molecule has 1 aliphatic rings. The van der Waals surface area contributed by atoms with Gasteiger partial charge >= 0.3 is 0 Å². The third-order valence-electron chi connectivity index (χ3n) is 3.78. The minimum atomic E-state index is -1.57. The summed E-state index contributed by atoms with van der Waals surface area (Å²) in [6.45, 7) is 1.07. The monoisotopic (exact) mass is 406 g/mol. The van der Waals surface area contributed by atoms with E-state index in [1.807, 2.05) is 0 Å². The minimum Gasteiger partial charge on any atom is -0.394 e. The molecule has 0 amide bonds. The van der Waals surface area contributed by atoms with Gasteiger partial charge in [0, 0.05) is 9.77 Å². The first-order valence-corrected chi connectivity index (χ1v) is 7.39. The van der Waals surface area contributed by atoms with Crippen molar-refractivity contribution in [3.8, 4) is 0 Å². The normalized spacial score (nSPS) is 32.9. The zero-order valence-corrected chi connectivity index (χ0v) is 13.3. The largest absolute Gasteiger partial charge is 0.394 e. The molecular weight excluding hydrogens is 391 g/mol. The van der Waals surface area contributed by atoms with Crippen molar-refractivity contribution in [2.24, 2.45) is 0 Å². The fourth-order valence-corrected chi connectivity index (χ4v) is 3.45. The van der Waals surface area contributed by atoms with Crippen molar-refractivity contribution in [3.63, 3.8) is 0 Å². The molecule has 2 aromatic heterocycles. The Labute approximate surface area is 133 Å². The highest BCUT2D eigenvalue weighted by Gasteiger charge is 2.53. The molecule has 5 N–H and O–H groups in total. The van der Waals surface area contributed by atoms with Gasteiger partial charge in [-0.2, -0.15) is 0 Å². The van der Waals surface area contributed by atoms with E-state index in [-0.39, 0.29) is 6.61 Å². The molecule has 0 saturated carbocycles. The van der Waals surface area contributed by atoms with Gasteiger partial charge in [-0.1, -0.05) is 0 Å². The smallest absolute Gasteiger partial charge is 0.167 e. The predicted octanol–water partition coefficient (Wildman–Crippen LogP) is -0.380. The molecule has 2 aromatic rings. The van der Waals surface area contributed by atoms with E-state index in [4.69, 9.17) is 10.5 Å². The lowest BCUT2D eigenvalue weighted by Gasteiger charge is -2.27. The topological polar surface area (TPSA) is 127 Å². The highest BCUT2D eigenvalue weighted by molar-refractivity contribution is 14.1. The first-order chi connectivity index (χ1) is 9.87. The SMILES string of the molecule is C[C@]1(O)C(O)[C@@H](CO)O[C@H]1n1cc(I)c2c(N)ncnc21. The quantitative estimate of drug-likeness (QED) is 0.501. The van der Waals surface area contributed by atoms with Crippen molar-refractivity contribution in [1.82, 2.24) is 14.5 Å². The zero-order valence-electron chi connectivity index (χ0n) is 11.1. The molecule has 1 aliphatic heterocycles. The van der Waals surface area contributed by atoms with E-state index in [1.54, 1.807) is 10.8 Å². The molecule has 0 aliphatic carbocycles. The number of anilines is 1. The fourth-order valence-electron chi connectivity index (χ4n) is 2.63. The van der Waals surface area contributed by atoms with E-state index in [2.05, 4.69) is 32.6 Å². The number of nitrogens with two attached hydrogens (primary N) is 1. The second-order valence-electron chi connectivity index (χ2n) is 5.22. The lowest BCUT2D eigenvalue weighted by atomic mass is 9.96. The Balaban J connectivity index is 2.15. The summed E-state index contributed by atoms with van der Waals surface area (Å²) >= 11 is 2.09. The molecule has 21 heavy (non-hydrogen) atoms. The van der Waals surface area contributed by atoms with Gasteiger partial charge in [0.25, 0.3) is 0 Å². The van der Waals surface area contributed by atoms with Crippen LogP contribution in [0.3, 0.4) is 0 Å². The number of nitrogens with zero attached hydrogens (tertiary/aromatic N) is 3. The molecule has 0 bridgehead atoms. The molecule has 3 heterocycles. The van der Waals surface area contributed by atoms with Gasteiger partial charge in [-0.15, -0.1) is 0 Å². The van der Waals surface area contributed by atoms with Crippen LogP contribution in [0.5, 0.6) is 0 Å². The molecule has 1 unspecified atom stereocenters. The second-order valence-corrected chi connectivity index (χ2v) is 6.38. The van der Waals surface area contributed by atoms with Gasteiger partial charge in [-0.25, -0.2) is 9.97 Å². The molecule has 1 fully saturated rings. The number of ether oxygens (including phenoxy) is 1. The maximum atomic E-state index is 10.5. The molecular formula is C12H15IN4O4. The summed E-state index contributed by atoms with van der Waals surface area (Å²) in [4.78, 5) is 8.13. The van der Waals surface area contributed by atoms with Crippen molar-refractivity contribution >= 4 is 39.4 Å². The van der Waals surface area contributed by atoms with Crippen LogP contribution in [0, 0.1) is 3.57 Å². The van der Waals surface area contributed by atoms with E-state index in [1.165, 1.54) is 13.3 Å². The molecule has 8 nitrogen and oxygen atoms in total. The summed E-state index contributed by atoms with van der Waals surface area (Å²) in [5.41, 5.74) is 4.79. The Morgan fingerprint density at radius 3 is 2.86 bits per heavy atom. The lowest BCUT2D eigenvalue weighted by Crippen LogP contribution is -2.44. The number of aromatic nitrogens is 3. The third kappa shape index (κ3) is 2.11. The van der Waals surface area contributed by atoms with Crippen molar-refractivity contribution in [3.05, 3.63) is 16.1 Å². The average molecular weight is 406 g/mol. The maximum Gasteiger partial charge on any atom is 0.167 e. The van der Waals surface area contributed by atoms with Crippen LogP contribution in [0.25, 0.3) is 11.0 Å². The standard InChI is InChI=1S/C12H15IN4O4/c1-12(20)8(19)6(3-18)21-11(12)17-2-5(13)7-9(14)15-4-16-10(7)17/h2,4,6,8,11,18-20H,3H2,1H3,(H2,14,15,16)/t6-,8?,11-,12+/m1/s1. The maximum absolute atomic E-state index is 10.5. The summed E-state index contributed by atoms with van der Waals surface area (Å²) in [6, 6.07) is 0. The number of nitrogen functional groups attached to an aromatic ring is 1. The molecule has 0 aromatic carbocycles. The molecule has 0 radical (unpaired) electrons. The van der Waals surface area contributed by atoms with Gasteiger partial charge in [0.15, 0.2) is 6.23 Å². The van der Waals surface area contributed by atoms with Crippen LogP contribution in [0.2, 0.25) is 0 Å². The third-order valence-corrected chi connectivity index (χ3v) is 4.60. The van der Waals surface area contributed by atoms with Crippen LogP contribution < -0.4 is 5.73 Å². The van der Waals surface area contributed by atoms with E-state index in [0.29, 0.717) is 16.9 Å². The molecule has 1 saturated heterocycles. The summed E-state index contributed by atoms with van der Waals surface area (Å²) < 4.78 is 8.01. The molecule has 114 valence electrons. The van der Waals surface area contributed by atoms with E-state index in [9.17, 15) is 15.3 Å². The summed E-state index contributed by atoms with van der Waals surface area (Å²) in [5, 5.41) is 30.5. The number of fused-ring (bicyclic) bond motifs is 1. The Hall–Kier alpha value is -1.01. The number of rotatable bonds is 2. The van der Waals surface area contributed by atoms with Crippen molar-refractivity contribution in [2.45, 2.75) is 31.0 Å². The van der Waals surface area contributed by atoms with Gasteiger partial charge in [0.05, 0.1) is 12.0 Å². The van der Waals surface area contributed by atoms with Gasteiger partial charge in [0.1, 0.15) is 35.6 Å². The summed E-state index contributed by atoms with van der Waals surface area (Å²) in [6.07, 6.45) is 0.0986. The Bertz CT molecular complexity index is 689. The first-order valence-electron chi connectivity index (χ1n) is 6.31. The van der Waals surface area contributed by atoms with Crippen LogP contribution in [0.4, 0.5) is 5.82 Å². The molecule has 0 spiro atoms. The lowest BCUT2D eigenvalue weighted by molar-refractivity contribution is -0.0948. The van der Waals surface area contributed by atoms with Crippen LogP contribution in [-0.4, -0.2) is 54.3 Å². The van der Waals surface area contributed by atoms with Crippen molar-refractivity contribution in [2.75, 3.05) is 12.3 Å². The highest BCUT2D eigenvalue weighted by atomic mass is 127. The summed E-state index contributed by atoms with van der Waals surface area (Å²) in [7, 11) is 0. The summed E-state index contributed by atoms with van der Waals surface area (Å²) in [5.74, 6) is 0.333. The van der Waals surface area contributed by atoms with Crippen molar-refractivity contribution in [1.29, 1.82) is 0 Å². The van der Waals surface area contributed by atoms with Crippen LogP contribution >= 0.6 is 22.6 Å². The van der Waals surface area contributed by atoms with E-state index < -0.39 is 24.0 Å². The number of aliphatic hydroxyl groups is 3. The number of halogens is 1. The van der Waals surface area contributed by atoms with E-state index >= 15 is 0 Å². The molecule has 3 rings (SSSR count). The number of hydrogen-bond acceptors (Lipinski definition) is 7. The van der Waals surface area contributed by atoms with Gasteiger partial charge < -0.3 is 30.4 Å². The van der Waals surface area contributed by atoms with Gasteiger partial charge in [0.2, 0.25) is 0 Å². The highest BCUT2D eigenvalue weighted by Crippen LogP contribution is 2.40. The Kier molecular flexibility index (Phi) is 3.56. The minimum absolute atomic E-state index is 0.333. The molecule has 9 heteroatoms. The van der Waals surface area contributed by atoms with Crippen LogP contribution in [0.1, 0.15) is 13.2 Å². The molecule has 4 atom stereocenters. The van der Waals surface area contributed by atoms with Gasteiger partial charge in [-0.3, -0.25) is 0 Å². The second kappa shape index (κ2) is 5.02. The van der Waals surface area contributed by atoms with Gasteiger partial charge in [-0.05, 0) is 29.5 Å². The van der Waals surface area contributed by atoms with E-state index in [0.717, 1.165) is 3.57 Å². The van der Waals surface area contributed by atoms with Crippen LogP contribution in [0.15, 0.2) is 12.5 Å². The first kappa shape index (κ1) is 14.9. The number of hydrogen-bond donors (Lipinski definition) is 4. The predicted molar refractivity (Wildman–Crippen MR) is 82.3 cm³/mol. The number of aliphatic hydroxyl groups excluding tert-OH is 2. The van der Waals surface area contributed by atoms with Crippen molar-refractivity contribution < 1.29 is 20.1 Å².